The predicted molar refractivity (Wildman–Crippen MR) is 140 cm³/mol. The van der Waals surface area contributed by atoms with Gasteiger partial charge in [0.25, 0.3) is 0 Å². The molecule has 0 N–H and O–H groups in total. The van der Waals surface area contributed by atoms with Crippen molar-refractivity contribution in [2.45, 2.75) is 12.8 Å². The molecule has 7 aromatic rings. The van der Waals surface area contributed by atoms with E-state index >= 15 is 0 Å². The molecule has 4 nitrogen and oxygen atoms in total. The number of benzene rings is 3. The smallest absolute Gasteiger partial charge is 0.165 e. The molecule has 2 aliphatic rings. The van der Waals surface area contributed by atoms with Crippen LogP contribution in [0.2, 0.25) is 0 Å². The monoisotopic (exact) mass is 446 g/mol. The van der Waals surface area contributed by atoms with Crippen LogP contribution in [0.4, 0.5) is 0 Å². The Labute approximate surface area is 200 Å². The molecule has 4 aromatic heterocycles. The zero-order valence-electron chi connectivity index (χ0n) is 18.8. The number of hydrogen-bond donors (Lipinski definition) is 0. The van der Waals surface area contributed by atoms with Crippen LogP contribution in [0.25, 0.3) is 60.7 Å². The Morgan fingerprint density at radius 2 is 1.60 bits per heavy atom. The molecule has 0 spiro atoms. The van der Waals surface area contributed by atoms with Gasteiger partial charge in [-0.15, -0.1) is 0 Å². The third kappa shape index (κ3) is 2.11. The lowest BCUT2D eigenvalue weighted by molar-refractivity contribution is 1.21. The van der Waals surface area contributed by atoms with Crippen molar-refractivity contribution in [1.29, 1.82) is 0 Å². The zero-order valence-corrected chi connectivity index (χ0v) is 18.8. The lowest BCUT2D eigenvalue weighted by Gasteiger charge is -2.09. The molecular formula is C31H18N4. The number of aromatic nitrogens is 4. The third-order valence-corrected chi connectivity index (χ3v) is 7.98. The van der Waals surface area contributed by atoms with Crippen molar-refractivity contribution in [3.8, 4) is 22.3 Å². The topological polar surface area (TPSA) is 43.1 Å². The fourth-order valence-corrected chi connectivity index (χ4v) is 6.57. The van der Waals surface area contributed by atoms with Crippen molar-refractivity contribution in [2.24, 2.45) is 0 Å². The molecule has 4 heterocycles. The normalized spacial score (nSPS) is 13.5. The highest BCUT2D eigenvalue weighted by atomic mass is 15.0. The van der Waals surface area contributed by atoms with E-state index in [-0.39, 0.29) is 0 Å². The van der Waals surface area contributed by atoms with Gasteiger partial charge in [-0.2, -0.15) is 0 Å². The number of fused-ring (bicyclic) bond motifs is 16. The zero-order chi connectivity index (χ0) is 22.7. The maximum atomic E-state index is 5.11. The molecule has 162 valence electrons. The molecule has 0 bridgehead atoms. The molecule has 0 unspecified atom stereocenters. The SMILES string of the molecule is c1ccc2c(c1)Cc1ccc3c(c1-2)Cc1c-3ccc2nc3c4ncccc4c4ccncc4n3c12. The highest BCUT2D eigenvalue weighted by Gasteiger charge is 2.30. The molecular weight excluding hydrogens is 428 g/mol. The van der Waals surface area contributed by atoms with E-state index in [1.54, 1.807) is 0 Å². The van der Waals surface area contributed by atoms with Gasteiger partial charge in [-0.25, -0.2) is 4.98 Å². The lowest BCUT2D eigenvalue weighted by atomic mass is 9.95. The van der Waals surface area contributed by atoms with E-state index in [1.165, 1.54) is 50.0 Å². The Kier molecular flexibility index (Phi) is 3.11. The summed E-state index contributed by atoms with van der Waals surface area (Å²) in [4.78, 5) is 14.4. The van der Waals surface area contributed by atoms with Crippen molar-refractivity contribution in [3.63, 3.8) is 0 Å². The van der Waals surface area contributed by atoms with Gasteiger partial charge in [0.2, 0.25) is 0 Å². The number of nitrogens with zero attached hydrogens (tertiary/aromatic N) is 4. The maximum absolute atomic E-state index is 5.11. The molecule has 0 aliphatic heterocycles. The van der Waals surface area contributed by atoms with Gasteiger partial charge < -0.3 is 0 Å². The molecule has 0 amide bonds. The molecule has 3 aromatic carbocycles. The fraction of sp³-hybridized carbons (Fsp3) is 0.0645. The van der Waals surface area contributed by atoms with Gasteiger partial charge in [0, 0.05) is 29.6 Å². The second kappa shape index (κ2) is 6.10. The Morgan fingerprint density at radius 3 is 2.60 bits per heavy atom. The first kappa shape index (κ1) is 17.8. The molecule has 35 heavy (non-hydrogen) atoms. The molecule has 9 rings (SSSR count). The second-order valence-corrected chi connectivity index (χ2v) is 9.66. The summed E-state index contributed by atoms with van der Waals surface area (Å²) in [6.45, 7) is 0. The Hall–Kier alpha value is -4.57. The van der Waals surface area contributed by atoms with Gasteiger partial charge in [0.05, 0.1) is 22.7 Å². The van der Waals surface area contributed by atoms with Crippen LogP contribution in [0.1, 0.15) is 22.3 Å². The highest BCUT2D eigenvalue weighted by Crippen LogP contribution is 2.49. The number of imidazole rings is 1. The minimum Gasteiger partial charge on any atom is -0.289 e. The summed E-state index contributed by atoms with van der Waals surface area (Å²) < 4.78 is 2.30. The van der Waals surface area contributed by atoms with Crippen LogP contribution in [0.15, 0.2) is 85.3 Å². The summed E-state index contributed by atoms with van der Waals surface area (Å²) in [6, 6.07) is 24.2. The van der Waals surface area contributed by atoms with Crippen molar-refractivity contribution in [3.05, 3.63) is 108 Å². The van der Waals surface area contributed by atoms with Gasteiger partial charge in [0.1, 0.15) is 5.52 Å². The highest BCUT2D eigenvalue weighted by molar-refractivity contribution is 6.12. The fourth-order valence-electron chi connectivity index (χ4n) is 6.57. The second-order valence-electron chi connectivity index (χ2n) is 9.66. The first-order chi connectivity index (χ1) is 17.4. The van der Waals surface area contributed by atoms with Gasteiger partial charge in [-0.3, -0.25) is 14.4 Å². The van der Waals surface area contributed by atoms with E-state index in [2.05, 4.69) is 70.0 Å². The number of hydrogen-bond acceptors (Lipinski definition) is 3. The summed E-state index contributed by atoms with van der Waals surface area (Å²) in [5, 5.41) is 2.26. The molecule has 0 atom stereocenters. The van der Waals surface area contributed by atoms with E-state index in [4.69, 9.17) is 9.97 Å². The number of pyridine rings is 3. The average molecular weight is 447 g/mol. The van der Waals surface area contributed by atoms with E-state index < -0.39 is 0 Å². The first-order valence-corrected chi connectivity index (χ1v) is 12.0. The summed E-state index contributed by atoms with van der Waals surface area (Å²) in [5.41, 5.74) is 16.3. The molecule has 2 aliphatic carbocycles. The van der Waals surface area contributed by atoms with E-state index in [0.29, 0.717) is 0 Å². The summed E-state index contributed by atoms with van der Waals surface area (Å²) >= 11 is 0. The first-order valence-electron chi connectivity index (χ1n) is 12.0. The molecule has 0 saturated heterocycles. The van der Waals surface area contributed by atoms with Crippen LogP contribution in [0.5, 0.6) is 0 Å². The lowest BCUT2D eigenvalue weighted by Crippen LogP contribution is -1.95. The summed E-state index contributed by atoms with van der Waals surface area (Å²) in [6.07, 6.45) is 7.62. The van der Waals surface area contributed by atoms with Crippen LogP contribution in [-0.2, 0) is 12.8 Å². The Balaban J connectivity index is 1.42. The van der Waals surface area contributed by atoms with Gasteiger partial charge in [0.15, 0.2) is 5.65 Å². The molecule has 0 saturated carbocycles. The van der Waals surface area contributed by atoms with E-state index in [1.807, 2.05) is 24.7 Å². The van der Waals surface area contributed by atoms with Crippen LogP contribution in [0.3, 0.4) is 0 Å². The van der Waals surface area contributed by atoms with Crippen LogP contribution in [0, 0.1) is 0 Å². The standard InChI is InChI=1S/C31H18N4/c1-2-5-19-17(4-1)14-18-7-8-20-21-9-10-26-30(25(21)15-24(20)28(18)19)35-27-16-32-13-11-22(27)23-6-3-12-33-29(23)31(35)34-26/h1-13,16H,14-15H2. The van der Waals surface area contributed by atoms with Crippen molar-refractivity contribution in [1.82, 2.24) is 19.4 Å². The minimum atomic E-state index is 0.899. The van der Waals surface area contributed by atoms with Gasteiger partial charge >= 0.3 is 0 Å². The van der Waals surface area contributed by atoms with Gasteiger partial charge in [-0.05, 0) is 69.1 Å². The number of rotatable bonds is 0. The Morgan fingerprint density at radius 1 is 0.686 bits per heavy atom. The van der Waals surface area contributed by atoms with Crippen LogP contribution < -0.4 is 0 Å². The molecule has 0 fully saturated rings. The summed E-state index contributed by atoms with van der Waals surface area (Å²) in [5.74, 6) is 0. The quantitative estimate of drug-likeness (QED) is 0.243. The summed E-state index contributed by atoms with van der Waals surface area (Å²) in [7, 11) is 0. The predicted octanol–water partition coefficient (Wildman–Crippen LogP) is 6.73. The van der Waals surface area contributed by atoms with E-state index in [9.17, 15) is 0 Å². The minimum absolute atomic E-state index is 0.899. The van der Waals surface area contributed by atoms with Gasteiger partial charge in [-0.1, -0.05) is 48.5 Å². The van der Waals surface area contributed by atoms with Crippen molar-refractivity contribution < 1.29 is 0 Å². The van der Waals surface area contributed by atoms with Crippen molar-refractivity contribution in [2.75, 3.05) is 0 Å². The largest absolute Gasteiger partial charge is 0.289 e. The van der Waals surface area contributed by atoms with Crippen molar-refractivity contribution >= 4 is 38.5 Å². The molecule has 4 heteroatoms. The third-order valence-electron chi connectivity index (χ3n) is 7.98. The van der Waals surface area contributed by atoms with Crippen LogP contribution >= 0.6 is 0 Å². The van der Waals surface area contributed by atoms with Crippen LogP contribution in [-0.4, -0.2) is 19.4 Å². The Bertz CT molecular complexity index is 2070. The maximum Gasteiger partial charge on any atom is 0.165 e. The molecule has 0 radical (unpaired) electrons. The van der Waals surface area contributed by atoms with E-state index in [0.717, 1.165) is 45.8 Å². The average Bonchev–Trinajstić information content (AvgIpc) is 3.59.